The van der Waals surface area contributed by atoms with Gasteiger partial charge in [0.05, 0.1) is 27.7 Å². The van der Waals surface area contributed by atoms with Gasteiger partial charge in [0, 0.05) is 13.1 Å². The van der Waals surface area contributed by atoms with Gasteiger partial charge in [0.2, 0.25) is 0 Å². The Morgan fingerprint density at radius 1 is 0.436 bits per heavy atom. The van der Waals surface area contributed by atoms with E-state index in [-0.39, 0.29) is 36.7 Å². The van der Waals surface area contributed by atoms with Crippen molar-refractivity contribution < 1.29 is 28.7 Å². The summed E-state index contributed by atoms with van der Waals surface area (Å²) >= 11 is 0. The van der Waals surface area contributed by atoms with E-state index in [1.807, 2.05) is 24.3 Å². The Morgan fingerprint density at radius 2 is 0.800 bits per heavy atom. The summed E-state index contributed by atoms with van der Waals surface area (Å²) in [6.07, 6.45) is 3.05. The zero-order valence-corrected chi connectivity index (χ0v) is 29.5. The second kappa shape index (κ2) is 13.0. The lowest BCUT2D eigenvalue weighted by atomic mass is 9.68. The number of benzene rings is 6. The molecule has 8 nitrogen and oxygen atoms in total. The molecule has 9 rings (SSSR count). The van der Waals surface area contributed by atoms with E-state index in [2.05, 4.69) is 86.0 Å². The summed E-state index contributed by atoms with van der Waals surface area (Å²) in [5, 5.41) is 0. The van der Waals surface area contributed by atoms with E-state index in [0.29, 0.717) is 45.3 Å². The summed E-state index contributed by atoms with van der Waals surface area (Å²) in [6, 6.07) is 42.6. The van der Waals surface area contributed by atoms with Gasteiger partial charge in [-0.05, 0) is 94.0 Å². The van der Waals surface area contributed by atoms with Crippen LogP contribution in [-0.2, 0) is 5.41 Å². The Hall–Kier alpha value is -7.32. The fourth-order valence-electron chi connectivity index (χ4n) is 8.10. The Kier molecular flexibility index (Phi) is 7.90. The van der Waals surface area contributed by atoms with Gasteiger partial charge in [0.15, 0.2) is 0 Å². The first-order valence-corrected chi connectivity index (χ1v) is 17.8. The lowest BCUT2D eigenvalue weighted by molar-refractivity contribution is 0.0656. The largest absolute Gasteiger partial charge is 0.457 e. The van der Waals surface area contributed by atoms with Gasteiger partial charge in [-0.2, -0.15) is 0 Å². The van der Waals surface area contributed by atoms with Gasteiger partial charge in [0.1, 0.15) is 23.0 Å². The third kappa shape index (κ3) is 5.14. The summed E-state index contributed by atoms with van der Waals surface area (Å²) in [7, 11) is 0. The molecule has 266 valence electrons. The number of nitrogens with zero attached hydrogens (tertiary/aromatic N) is 2. The van der Waals surface area contributed by atoms with E-state index in [4.69, 9.17) is 9.47 Å². The van der Waals surface area contributed by atoms with E-state index in [1.165, 1.54) is 22.0 Å². The third-order valence-corrected chi connectivity index (χ3v) is 10.5. The molecule has 0 fully saturated rings. The molecular formula is C47H32N2O6. The quantitative estimate of drug-likeness (QED) is 0.103. The first-order chi connectivity index (χ1) is 26.8. The maximum Gasteiger partial charge on any atom is 0.261 e. The van der Waals surface area contributed by atoms with E-state index < -0.39 is 5.41 Å². The van der Waals surface area contributed by atoms with Gasteiger partial charge in [0.25, 0.3) is 23.6 Å². The summed E-state index contributed by atoms with van der Waals surface area (Å²) in [5.41, 5.74) is 7.22. The minimum atomic E-state index is -0.686. The highest BCUT2D eigenvalue weighted by molar-refractivity contribution is 6.22. The molecule has 0 saturated carbocycles. The minimum absolute atomic E-state index is 0.142. The summed E-state index contributed by atoms with van der Waals surface area (Å²) in [5.74, 6) is 0.622. The van der Waals surface area contributed by atoms with Crippen molar-refractivity contribution in [1.82, 2.24) is 9.80 Å². The molecule has 6 aromatic carbocycles. The third-order valence-electron chi connectivity index (χ3n) is 10.5. The van der Waals surface area contributed by atoms with Crippen molar-refractivity contribution >= 4 is 23.6 Å². The smallest absolute Gasteiger partial charge is 0.261 e. The number of fused-ring (bicyclic) bond motifs is 5. The van der Waals surface area contributed by atoms with Crippen LogP contribution < -0.4 is 9.47 Å². The SMILES string of the molecule is C=CCN1C(=O)c2ccc(Oc3ccc(C4(c5ccc(Oc6ccc7c(c6)C(=O)N(CC=C)C7=O)cc5)c5ccccc5-c5ccccc54)cc3)cc2C1=O. The van der Waals surface area contributed by atoms with Gasteiger partial charge < -0.3 is 9.47 Å². The molecule has 0 bridgehead atoms. The van der Waals surface area contributed by atoms with E-state index in [1.54, 1.807) is 36.4 Å². The van der Waals surface area contributed by atoms with Gasteiger partial charge in [-0.15, -0.1) is 13.2 Å². The molecule has 8 heteroatoms. The molecule has 0 spiro atoms. The minimum Gasteiger partial charge on any atom is -0.457 e. The van der Waals surface area contributed by atoms with Crippen molar-refractivity contribution in [3.8, 4) is 34.1 Å². The zero-order chi connectivity index (χ0) is 37.8. The Morgan fingerprint density at radius 3 is 1.20 bits per heavy atom. The van der Waals surface area contributed by atoms with E-state index in [9.17, 15) is 19.2 Å². The molecule has 0 unspecified atom stereocenters. The van der Waals surface area contributed by atoms with Gasteiger partial charge in [-0.3, -0.25) is 29.0 Å². The second-order valence-corrected chi connectivity index (χ2v) is 13.5. The second-order valence-electron chi connectivity index (χ2n) is 13.5. The van der Waals surface area contributed by atoms with Gasteiger partial charge in [-0.1, -0.05) is 84.9 Å². The average Bonchev–Trinajstić information content (AvgIpc) is 3.74. The number of hydrogen-bond donors (Lipinski definition) is 0. The lowest BCUT2D eigenvalue weighted by Gasteiger charge is -2.34. The van der Waals surface area contributed by atoms with E-state index in [0.717, 1.165) is 33.4 Å². The van der Waals surface area contributed by atoms with Crippen LogP contribution in [0.3, 0.4) is 0 Å². The van der Waals surface area contributed by atoms with Gasteiger partial charge >= 0.3 is 0 Å². The maximum absolute atomic E-state index is 12.9. The zero-order valence-electron chi connectivity index (χ0n) is 29.5. The van der Waals surface area contributed by atoms with Crippen LogP contribution in [0.1, 0.15) is 63.7 Å². The van der Waals surface area contributed by atoms with Crippen LogP contribution in [0, 0.1) is 0 Å². The number of rotatable bonds is 10. The van der Waals surface area contributed by atoms with E-state index >= 15 is 0 Å². The standard InChI is InChI=1S/C47H32N2O6/c1-3-25-48-43(50)37-23-21-33(27-39(37)45(48)52)54-31-17-13-29(14-18-31)47(41-11-7-5-9-35(41)36-10-6-8-12-42(36)47)30-15-19-32(20-16-30)55-34-22-24-38-40(28-34)46(53)49(26-4-2)44(38)51/h3-24,27-28H,1-2,25-26H2. The number of carbonyl (C=O) groups excluding carboxylic acids is 4. The number of ether oxygens (including phenoxy) is 2. The number of imide groups is 2. The highest BCUT2D eigenvalue weighted by Gasteiger charge is 2.46. The molecule has 0 aromatic heterocycles. The predicted molar refractivity (Wildman–Crippen MR) is 208 cm³/mol. The van der Waals surface area contributed by atoms with Crippen LogP contribution in [0.25, 0.3) is 11.1 Å². The molecule has 0 saturated heterocycles. The van der Waals surface area contributed by atoms with Crippen LogP contribution in [-0.4, -0.2) is 46.5 Å². The highest BCUT2D eigenvalue weighted by Crippen LogP contribution is 2.56. The normalized spacial score (nSPS) is 14.7. The molecule has 0 radical (unpaired) electrons. The summed E-state index contributed by atoms with van der Waals surface area (Å²) < 4.78 is 12.5. The topological polar surface area (TPSA) is 93.2 Å². The van der Waals surface area contributed by atoms with Crippen molar-refractivity contribution in [2.75, 3.05) is 13.1 Å². The molecule has 6 aromatic rings. The molecule has 0 N–H and O–H groups in total. The molecule has 2 aliphatic heterocycles. The molecule has 0 atom stereocenters. The first kappa shape index (κ1) is 33.5. The first-order valence-electron chi connectivity index (χ1n) is 17.8. The molecular weight excluding hydrogens is 689 g/mol. The number of carbonyl (C=O) groups is 4. The summed E-state index contributed by atoms with van der Waals surface area (Å²) in [4.78, 5) is 53.7. The highest BCUT2D eigenvalue weighted by atomic mass is 16.5. The Labute approximate surface area is 317 Å². The summed E-state index contributed by atoms with van der Waals surface area (Å²) in [6.45, 7) is 7.59. The Balaban J connectivity index is 1.06. The number of hydrogen-bond acceptors (Lipinski definition) is 6. The van der Waals surface area contributed by atoms with Crippen LogP contribution in [0.15, 0.2) is 159 Å². The average molecular weight is 721 g/mol. The Bertz CT molecular complexity index is 2440. The molecule has 55 heavy (non-hydrogen) atoms. The van der Waals surface area contributed by atoms with Crippen LogP contribution in [0.4, 0.5) is 0 Å². The fourth-order valence-corrected chi connectivity index (χ4v) is 8.10. The van der Waals surface area contributed by atoms with Crippen molar-refractivity contribution in [1.29, 1.82) is 0 Å². The van der Waals surface area contributed by atoms with Crippen LogP contribution in [0.5, 0.6) is 23.0 Å². The molecule has 4 amide bonds. The van der Waals surface area contributed by atoms with Crippen LogP contribution >= 0.6 is 0 Å². The predicted octanol–water partition coefficient (Wildman–Crippen LogP) is 9.20. The molecule has 1 aliphatic carbocycles. The van der Waals surface area contributed by atoms with Gasteiger partial charge in [-0.25, -0.2) is 0 Å². The lowest BCUT2D eigenvalue weighted by Crippen LogP contribution is -2.29. The van der Waals surface area contributed by atoms with Crippen molar-refractivity contribution in [2.45, 2.75) is 5.41 Å². The number of amides is 4. The monoisotopic (exact) mass is 720 g/mol. The molecule has 3 aliphatic rings. The fraction of sp³-hybridized carbons (Fsp3) is 0.0638. The molecule has 2 heterocycles. The maximum atomic E-state index is 12.9. The van der Waals surface area contributed by atoms with Crippen LogP contribution in [0.2, 0.25) is 0 Å². The van der Waals surface area contributed by atoms with Crippen molar-refractivity contribution in [2.24, 2.45) is 0 Å². The van der Waals surface area contributed by atoms with Crippen molar-refractivity contribution in [3.05, 3.63) is 203 Å². The van der Waals surface area contributed by atoms with Crippen molar-refractivity contribution in [3.63, 3.8) is 0 Å².